The molecule has 0 aliphatic rings. The number of rotatable bonds is 6. The second kappa shape index (κ2) is 11.0. The van der Waals surface area contributed by atoms with Gasteiger partial charge in [-0.2, -0.15) is 0 Å². The predicted molar refractivity (Wildman–Crippen MR) is 128 cm³/mol. The van der Waals surface area contributed by atoms with Crippen molar-refractivity contribution in [3.63, 3.8) is 0 Å². The Bertz CT molecular complexity index is 1130. The smallest absolute Gasteiger partial charge is 0.162 e. The van der Waals surface area contributed by atoms with Crippen LogP contribution in [-0.4, -0.2) is 30.0 Å². The van der Waals surface area contributed by atoms with Gasteiger partial charge in [0.2, 0.25) is 0 Å². The van der Waals surface area contributed by atoms with Crippen molar-refractivity contribution in [3.8, 4) is 34.1 Å². The molecule has 164 valence electrons. The molecule has 0 bridgehead atoms. The minimum absolute atomic E-state index is 0.164. The molecule has 3 aromatic carbocycles. The van der Waals surface area contributed by atoms with Crippen LogP contribution in [0.1, 0.15) is 29.3 Å². The summed E-state index contributed by atoms with van der Waals surface area (Å²) < 4.78 is 10.1. The van der Waals surface area contributed by atoms with Gasteiger partial charge in [0.05, 0.1) is 26.1 Å². The molecule has 4 aromatic rings. The van der Waals surface area contributed by atoms with E-state index in [2.05, 4.69) is 41.2 Å². The van der Waals surface area contributed by atoms with E-state index in [-0.39, 0.29) is 5.78 Å². The molecule has 0 amide bonds. The van der Waals surface area contributed by atoms with Crippen LogP contribution in [0.2, 0.25) is 0 Å². The number of methoxy groups -OCH3 is 2. The van der Waals surface area contributed by atoms with E-state index >= 15 is 0 Å². The van der Waals surface area contributed by atoms with E-state index in [9.17, 15) is 4.79 Å². The quantitative estimate of drug-likeness (QED) is 0.364. The van der Waals surface area contributed by atoms with Gasteiger partial charge in [-0.3, -0.25) is 4.79 Å². The van der Waals surface area contributed by atoms with Crippen LogP contribution in [0, 0.1) is 6.92 Å². The maximum atomic E-state index is 11.2. The van der Waals surface area contributed by atoms with Crippen LogP contribution in [0.25, 0.3) is 22.6 Å². The van der Waals surface area contributed by atoms with Crippen molar-refractivity contribution in [1.82, 2.24) is 9.97 Å². The number of hydrogen-bond acceptors (Lipinski definition) is 4. The number of ketones is 1. The Hall–Kier alpha value is -3.86. The molecule has 0 radical (unpaired) electrons. The minimum Gasteiger partial charge on any atom is -0.497 e. The maximum Gasteiger partial charge on any atom is 0.162 e. The van der Waals surface area contributed by atoms with Crippen LogP contribution in [-0.2, 0) is 0 Å². The summed E-state index contributed by atoms with van der Waals surface area (Å²) in [5, 5.41) is 0. The zero-order chi connectivity index (χ0) is 22.9. The van der Waals surface area contributed by atoms with Gasteiger partial charge in [-0.15, -0.1) is 0 Å². The number of benzene rings is 3. The molecule has 0 atom stereocenters. The molecule has 5 nitrogen and oxygen atoms in total. The van der Waals surface area contributed by atoms with Crippen LogP contribution in [0.4, 0.5) is 0 Å². The number of aromatic nitrogens is 2. The summed E-state index contributed by atoms with van der Waals surface area (Å²) in [5.41, 5.74) is 5.21. The second-order valence-electron chi connectivity index (χ2n) is 7.25. The Morgan fingerprint density at radius 1 is 0.812 bits per heavy atom. The first-order valence-corrected chi connectivity index (χ1v) is 10.5. The Kier molecular flexibility index (Phi) is 7.81. The van der Waals surface area contributed by atoms with Crippen molar-refractivity contribution >= 4 is 5.78 Å². The third kappa shape index (κ3) is 5.85. The Labute approximate surface area is 189 Å². The van der Waals surface area contributed by atoms with Crippen LogP contribution >= 0.6 is 0 Å². The highest BCUT2D eigenvalue weighted by molar-refractivity contribution is 5.95. The molecule has 0 spiro atoms. The monoisotopic (exact) mass is 428 g/mol. The average Bonchev–Trinajstić information content (AvgIpc) is 3.35. The molecule has 1 heterocycles. The van der Waals surface area contributed by atoms with Gasteiger partial charge in [0.15, 0.2) is 5.78 Å². The number of aromatic amines is 1. The topological polar surface area (TPSA) is 64.2 Å². The number of nitrogens with zero attached hydrogens (tertiary/aromatic N) is 1. The summed E-state index contributed by atoms with van der Waals surface area (Å²) in [6.07, 6.45) is 2.41. The molecule has 0 saturated carbocycles. The fraction of sp³-hybridized carbons (Fsp3) is 0.185. The van der Waals surface area contributed by atoms with Gasteiger partial charge >= 0.3 is 0 Å². The molecule has 0 aliphatic heterocycles. The van der Waals surface area contributed by atoms with Crippen molar-refractivity contribution in [1.29, 1.82) is 0 Å². The van der Waals surface area contributed by atoms with Gasteiger partial charge in [0.25, 0.3) is 0 Å². The number of Topliss-reactive ketones (excluding diaryl/α,β-unsaturated/α-hetero) is 1. The number of carbonyl (C=O) groups is 1. The molecule has 0 saturated heterocycles. The lowest BCUT2D eigenvalue weighted by atomic mass is 10.1. The van der Waals surface area contributed by atoms with E-state index in [0.717, 1.165) is 39.7 Å². The van der Waals surface area contributed by atoms with E-state index in [1.807, 2.05) is 37.4 Å². The molecule has 0 aliphatic carbocycles. The molecule has 0 unspecified atom stereocenters. The molecule has 5 heteroatoms. The lowest BCUT2D eigenvalue weighted by Crippen LogP contribution is -1.95. The third-order valence-electron chi connectivity index (χ3n) is 5.03. The summed E-state index contributed by atoms with van der Waals surface area (Å²) in [5.74, 6) is 2.66. The Morgan fingerprint density at radius 2 is 1.34 bits per heavy atom. The first kappa shape index (κ1) is 22.8. The lowest BCUT2D eigenvalue weighted by molar-refractivity contribution is 0.0988. The van der Waals surface area contributed by atoms with E-state index in [4.69, 9.17) is 9.47 Å². The third-order valence-corrected chi connectivity index (χ3v) is 5.03. The number of aryl methyl sites for hydroxylation is 1. The van der Waals surface area contributed by atoms with Crippen LogP contribution < -0.4 is 9.47 Å². The second-order valence-corrected chi connectivity index (χ2v) is 7.25. The molecular formula is C27H28N2O3. The minimum atomic E-state index is 0.164. The fourth-order valence-corrected chi connectivity index (χ4v) is 3.08. The molecule has 4 rings (SSSR count). The van der Waals surface area contributed by atoms with Gasteiger partial charge < -0.3 is 14.5 Å². The van der Waals surface area contributed by atoms with Gasteiger partial charge in [0.1, 0.15) is 17.3 Å². The largest absolute Gasteiger partial charge is 0.497 e. The first-order chi connectivity index (χ1) is 15.5. The van der Waals surface area contributed by atoms with E-state index in [1.165, 1.54) is 5.56 Å². The number of ether oxygens (including phenoxy) is 2. The van der Waals surface area contributed by atoms with Crippen LogP contribution in [0.3, 0.4) is 0 Å². The standard InChI is InChI=1S/C17H16N2O.C10H12O2/c1-12-3-5-13(6-4-12)16-11-18-17(19-16)14-7-9-15(20-2)10-8-14;1-3-10(11)8-4-6-9(12-2)7-5-8/h3-11H,1-2H3,(H,18,19);4-7H,3H2,1-2H3. The van der Waals surface area contributed by atoms with Crippen molar-refractivity contribution in [2.24, 2.45) is 0 Å². The molecule has 0 fully saturated rings. The van der Waals surface area contributed by atoms with E-state index < -0.39 is 0 Å². The zero-order valence-corrected chi connectivity index (χ0v) is 18.9. The highest BCUT2D eigenvalue weighted by atomic mass is 16.5. The summed E-state index contributed by atoms with van der Waals surface area (Å²) in [6.45, 7) is 3.94. The zero-order valence-electron chi connectivity index (χ0n) is 18.9. The Balaban J connectivity index is 0.000000207. The highest BCUT2D eigenvalue weighted by Gasteiger charge is 2.05. The first-order valence-electron chi connectivity index (χ1n) is 10.5. The van der Waals surface area contributed by atoms with E-state index in [0.29, 0.717) is 6.42 Å². The number of H-pyrrole nitrogens is 1. The normalized spacial score (nSPS) is 10.1. The number of nitrogens with one attached hydrogen (secondary N) is 1. The average molecular weight is 429 g/mol. The number of imidazole rings is 1. The Morgan fingerprint density at radius 3 is 1.88 bits per heavy atom. The SMILES string of the molecule is CCC(=O)c1ccc(OC)cc1.COc1ccc(-c2ncc(-c3ccc(C)cc3)[nH]2)cc1. The lowest BCUT2D eigenvalue weighted by Gasteiger charge is -2.01. The molecular weight excluding hydrogens is 400 g/mol. The summed E-state index contributed by atoms with van der Waals surface area (Å²) >= 11 is 0. The molecule has 32 heavy (non-hydrogen) atoms. The molecule has 1 N–H and O–H groups in total. The summed E-state index contributed by atoms with van der Waals surface area (Å²) in [7, 11) is 3.27. The van der Waals surface area contributed by atoms with Crippen molar-refractivity contribution < 1.29 is 14.3 Å². The van der Waals surface area contributed by atoms with Gasteiger partial charge in [-0.25, -0.2) is 4.98 Å². The molecule has 1 aromatic heterocycles. The van der Waals surface area contributed by atoms with Crippen molar-refractivity contribution in [2.75, 3.05) is 14.2 Å². The summed E-state index contributed by atoms with van der Waals surface area (Å²) in [4.78, 5) is 19.0. The van der Waals surface area contributed by atoms with Crippen LogP contribution in [0.15, 0.2) is 79.0 Å². The number of hydrogen-bond donors (Lipinski definition) is 1. The van der Waals surface area contributed by atoms with Crippen molar-refractivity contribution in [2.45, 2.75) is 20.3 Å². The van der Waals surface area contributed by atoms with Gasteiger partial charge in [0, 0.05) is 17.5 Å². The van der Waals surface area contributed by atoms with Gasteiger partial charge in [-0.05, 0) is 61.0 Å². The predicted octanol–water partition coefficient (Wildman–Crippen LogP) is 6.35. The number of carbonyl (C=O) groups excluding carboxylic acids is 1. The van der Waals surface area contributed by atoms with Crippen LogP contribution in [0.5, 0.6) is 11.5 Å². The van der Waals surface area contributed by atoms with Gasteiger partial charge in [-0.1, -0.05) is 36.8 Å². The van der Waals surface area contributed by atoms with Crippen molar-refractivity contribution in [3.05, 3.63) is 90.1 Å². The van der Waals surface area contributed by atoms with E-state index in [1.54, 1.807) is 38.5 Å². The summed E-state index contributed by atoms with van der Waals surface area (Å²) in [6, 6.07) is 23.4. The maximum absolute atomic E-state index is 11.2. The highest BCUT2D eigenvalue weighted by Crippen LogP contribution is 2.24. The fourth-order valence-electron chi connectivity index (χ4n) is 3.08.